The fourth-order valence-corrected chi connectivity index (χ4v) is 6.66. The molecule has 0 aromatic heterocycles. The van der Waals surface area contributed by atoms with Gasteiger partial charge in [0.15, 0.2) is 6.17 Å². The van der Waals surface area contributed by atoms with Crippen LogP contribution in [0.5, 0.6) is 5.75 Å². The van der Waals surface area contributed by atoms with Crippen molar-refractivity contribution < 1.29 is 78.4 Å². The van der Waals surface area contributed by atoms with Crippen molar-refractivity contribution >= 4 is 41.3 Å². The maximum atomic E-state index is 13.0. The minimum Gasteiger partial charge on any atom is -0.460 e. The molecule has 6 amide bonds. The van der Waals surface area contributed by atoms with Crippen molar-refractivity contribution in [2.45, 2.75) is 114 Å². The Bertz CT molecular complexity index is 1680. The SMILES string of the molecule is CC1OC(N)C(O)C(O)C1N1C(=O)C1NC(=O)OCc1ccc(OC2OC(CO)C(O)C(O)C2O)c(NC(=O)CCNC(=O)CCN2C(=O)CC(C)(C)C2=O)c1. The summed E-state index contributed by atoms with van der Waals surface area (Å²) in [4.78, 5) is 77.3. The predicted octanol–water partition coefficient (Wildman–Crippen LogP) is -4.33. The van der Waals surface area contributed by atoms with Crippen molar-refractivity contribution in [2.24, 2.45) is 11.1 Å². The second kappa shape index (κ2) is 17.3. The Hall–Kier alpha value is -4.52. The van der Waals surface area contributed by atoms with Gasteiger partial charge < -0.3 is 70.9 Å². The van der Waals surface area contributed by atoms with E-state index in [9.17, 15) is 59.4 Å². The number of carbonyl (C=O) groups excluding carboxylic acids is 6. The first kappa shape index (κ1) is 42.6. The maximum Gasteiger partial charge on any atom is 0.409 e. The number of aliphatic hydroxyl groups is 6. The second-order valence-electron chi connectivity index (χ2n) is 14.6. The van der Waals surface area contributed by atoms with Crippen molar-refractivity contribution in [1.82, 2.24) is 20.4 Å². The number of aliphatic hydroxyl groups excluding tert-OH is 6. The van der Waals surface area contributed by atoms with E-state index in [-0.39, 0.29) is 61.2 Å². The Morgan fingerprint density at radius 2 is 1.68 bits per heavy atom. The molecule has 5 rings (SSSR count). The largest absolute Gasteiger partial charge is 0.460 e. The number of hydrogen-bond donors (Lipinski definition) is 10. The van der Waals surface area contributed by atoms with Crippen LogP contribution in [0.1, 0.15) is 45.6 Å². The van der Waals surface area contributed by atoms with Crippen molar-refractivity contribution in [3.63, 3.8) is 0 Å². The van der Waals surface area contributed by atoms with Gasteiger partial charge in [-0.2, -0.15) is 0 Å². The molecule has 0 spiro atoms. The zero-order valence-corrected chi connectivity index (χ0v) is 30.8. The fraction of sp³-hybridized carbons (Fsp3) is 0.647. The number of alkyl carbamates (subject to hydrolysis) is 1. The molecule has 0 aliphatic carbocycles. The summed E-state index contributed by atoms with van der Waals surface area (Å²) in [5, 5.41) is 68.5. The molecule has 4 heterocycles. The Labute approximate surface area is 319 Å². The summed E-state index contributed by atoms with van der Waals surface area (Å²) in [6, 6.07) is 3.06. The van der Waals surface area contributed by atoms with Gasteiger partial charge in [0.1, 0.15) is 55.2 Å². The average molecular weight is 797 g/mol. The summed E-state index contributed by atoms with van der Waals surface area (Å²) in [6.07, 6.45) is -15.6. The van der Waals surface area contributed by atoms with E-state index in [2.05, 4.69) is 16.0 Å². The summed E-state index contributed by atoms with van der Waals surface area (Å²) < 4.78 is 21.8. The van der Waals surface area contributed by atoms with Crippen LogP contribution in [0, 0.1) is 5.41 Å². The molecule has 11 N–H and O–H groups in total. The van der Waals surface area contributed by atoms with Crippen LogP contribution in [-0.2, 0) is 44.8 Å². The van der Waals surface area contributed by atoms with Crippen molar-refractivity contribution in [3.05, 3.63) is 23.8 Å². The molecule has 22 heteroatoms. The third-order valence-corrected chi connectivity index (χ3v) is 9.90. The number of amides is 6. The van der Waals surface area contributed by atoms with Gasteiger partial charge in [-0.25, -0.2) is 4.79 Å². The molecule has 11 unspecified atom stereocenters. The first-order valence-corrected chi connectivity index (χ1v) is 17.9. The molecule has 0 bridgehead atoms. The first-order chi connectivity index (χ1) is 26.3. The van der Waals surface area contributed by atoms with Gasteiger partial charge in [-0.3, -0.25) is 34.2 Å². The maximum absolute atomic E-state index is 13.0. The van der Waals surface area contributed by atoms with Crippen molar-refractivity contribution in [1.29, 1.82) is 0 Å². The Morgan fingerprint density at radius 1 is 0.964 bits per heavy atom. The van der Waals surface area contributed by atoms with E-state index in [1.54, 1.807) is 20.8 Å². The molecule has 1 aromatic rings. The van der Waals surface area contributed by atoms with E-state index in [0.717, 1.165) is 9.80 Å². The third kappa shape index (κ3) is 9.36. The average Bonchev–Trinajstić information content (AvgIpc) is 3.69. The van der Waals surface area contributed by atoms with Crippen LogP contribution in [-0.4, -0.2) is 163 Å². The van der Waals surface area contributed by atoms with Gasteiger partial charge in [-0.15, -0.1) is 0 Å². The summed E-state index contributed by atoms with van der Waals surface area (Å²) in [5.74, 6) is -2.59. The van der Waals surface area contributed by atoms with E-state index >= 15 is 0 Å². The molecule has 310 valence electrons. The number of benzene rings is 1. The van der Waals surface area contributed by atoms with Crippen molar-refractivity contribution in [2.75, 3.05) is 25.0 Å². The highest BCUT2D eigenvalue weighted by atomic mass is 16.7. The van der Waals surface area contributed by atoms with E-state index < -0.39 is 110 Å². The van der Waals surface area contributed by atoms with Crippen molar-refractivity contribution in [3.8, 4) is 5.75 Å². The number of carbonyl (C=O) groups is 6. The van der Waals surface area contributed by atoms with Gasteiger partial charge in [0, 0.05) is 32.4 Å². The second-order valence-corrected chi connectivity index (χ2v) is 14.6. The Morgan fingerprint density at radius 3 is 2.34 bits per heavy atom. The van der Waals surface area contributed by atoms with Gasteiger partial charge in [0.05, 0.1) is 29.9 Å². The van der Waals surface area contributed by atoms with Gasteiger partial charge in [0.2, 0.25) is 29.9 Å². The standard InChI is InChI=1S/C34H48N6O16/c1-14-22(24(46)26(48)28(35)54-14)40-29(30(40)50)38-33(52)53-13-15-4-5-17(55-31-27(49)25(47)23(45)18(12-41)56-31)16(10-15)37-20(43)6-8-36-19(42)7-9-39-21(44)11-34(2,3)32(39)51/h4-5,10,14,18,22-29,31,41,45-49H,6-9,11-13,35H2,1-3H3,(H,36,42)(H,37,43)(H,38,52). The highest BCUT2D eigenvalue weighted by Gasteiger charge is 2.58. The smallest absolute Gasteiger partial charge is 0.409 e. The fourth-order valence-electron chi connectivity index (χ4n) is 6.66. The number of ether oxygens (including phenoxy) is 4. The van der Waals surface area contributed by atoms with Gasteiger partial charge >= 0.3 is 6.09 Å². The van der Waals surface area contributed by atoms with E-state index in [4.69, 9.17) is 24.7 Å². The number of nitrogens with zero attached hydrogens (tertiary/aromatic N) is 2. The molecule has 4 aliphatic rings. The predicted molar refractivity (Wildman–Crippen MR) is 185 cm³/mol. The van der Waals surface area contributed by atoms with E-state index in [1.165, 1.54) is 18.2 Å². The monoisotopic (exact) mass is 796 g/mol. The van der Waals surface area contributed by atoms with Gasteiger partial charge in [-0.05, 0) is 24.6 Å². The van der Waals surface area contributed by atoms with E-state index in [1.807, 2.05) is 0 Å². The lowest BCUT2D eigenvalue weighted by molar-refractivity contribution is -0.277. The number of nitrogens with two attached hydrogens (primary N) is 1. The third-order valence-electron chi connectivity index (χ3n) is 9.90. The minimum atomic E-state index is -1.79. The molecule has 22 nitrogen and oxygen atoms in total. The molecule has 4 saturated heterocycles. The molecular formula is C34H48N6O16. The summed E-state index contributed by atoms with van der Waals surface area (Å²) in [6.45, 7) is 3.43. The summed E-state index contributed by atoms with van der Waals surface area (Å²) >= 11 is 0. The minimum absolute atomic E-state index is 0.0425. The highest BCUT2D eigenvalue weighted by Crippen LogP contribution is 2.34. The van der Waals surface area contributed by atoms with Crippen LogP contribution < -0.4 is 26.4 Å². The normalized spacial score (nSPS) is 32.5. The zero-order chi connectivity index (χ0) is 41.2. The number of likely N-dealkylation sites (tertiary alicyclic amines) is 1. The van der Waals surface area contributed by atoms with Crippen LogP contribution in [0.25, 0.3) is 0 Å². The molecule has 4 fully saturated rings. The summed E-state index contributed by atoms with van der Waals surface area (Å²) in [7, 11) is 0. The van der Waals surface area contributed by atoms with Gasteiger partial charge in [-0.1, -0.05) is 19.9 Å². The molecule has 0 saturated carbocycles. The van der Waals surface area contributed by atoms with Crippen LogP contribution in [0.2, 0.25) is 0 Å². The van der Waals surface area contributed by atoms with Crippen LogP contribution in [0.4, 0.5) is 10.5 Å². The number of nitrogens with one attached hydrogen (secondary N) is 3. The Balaban J connectivity index is 1.19. The topological polar surface area (TPSA) is 329 Å². The van der Waals surface area contributed by atoms with Gasteiger partial charge in [0.25, 0.3) is 5.91 Å². The van der Waals surface area contributed by atoms with Crippen LogP contribution >= 0.6 is 0 Å². The number of rotatable bonds is 14. The first-order valence-electron chi connectivity index (χ1n) is 17.9. The number of anilines is 1. The molecule has 11 atom stereocenters. The molecular weight excluding hydrogens is 748 g/mol. The summed E-state index contributed by atoms with van der Waals surface area (Å²) in [5.41, 5.74) is 5.03. The lowest BCUT2D eigenvalue weighted by atomic mass is 9.92. The zero-order valence-electron chi connectivity index (χ0n) is 30.8. The molecule has 1 aromatic carbocycles. The molecule has 0 radical (unpaired) electrons. The number of imide groups is 1. The molecule has 4 aliphatic heterocycles. The van der Waals surface area contributed by atoms with E-state index in [0.29, 0.717) is 0 Å². The van der Waals surface area contributed by atoms with Crippen LogP contribution in [0.15, 0.2) is 18.2 Å². The highest BCUT2D eigenvalue weighted by molar-refractivity contribution is 6.05. The Kier molecular flexibility index (Phi) is 13.2. The quantitative estimate of drug-likeness (QED) is 0.0629. The van der Waals surface area contributed by atoms with Crippen LogP contribution in [0.3, 0.4) is 0 Å². The lowest BCUT2D eigenvalue weighted by Crippen LogP contribution is -2.62. The molecule has 56 heavy (non-hydrogen) atoms. The lowest BCUT2D eigenvalue weighted by Gasteiger charge is -2.40. The number of hydrogen-bond acceptors (Lipinski definition) is 17.